The van der Waals surface area contributed by atoms with Gasteiger partial charge in [-0.3, -0.25) is 4.79 Å². The van der Waals surface area contributed by atoms with Crippen molar-refractivity contribution >= 4 is 28.3 Å². The molecule has 4 nitrogen and oxygen atoms in total. The zero-order chi connectivity index (χ0) is 19.1. The number of nitrogens with zero attached hydrogens (tertiary/aromatic N) is 1. The number of unbranched alkanes of at least 4 members (excludes halogenated alkanes) is 1. The number of amides is 1. The van der Waals surface area contributed by atoms with E-state index in [2.05, 4.69) is 18.3 Å². The van der Waals surface area contributed by atoms with E-state index in [9.17, 15) is 10.1 Å². The molecule has 1 aromatic carbocycles. The van der Waals surface area contributed by atoms with E-state index < -0.39 is 0 Å². The molecular weight excluding hydrogens is 356 g/mol. The summed E-state index contributed by atoms with van der Waals surface area (Å²) in [5, 5.41) is 13.1. The Morgan fingerprint density at radius 1 is 1.33 bits per heavy atom. The summed E-state index contributed by atoms with van der Waals surface area (Å²) < 4.78 is 5.80. The Morgan fingerprint density at radius 3 is 2.96 bits per heavy atom. The van der Waals surface area contributed by atoms with Gasteiger partial charge in [0.05, 0.1) is 12.2 Å². The zero-order valence-electron chi connectivity index (χ0n) is 15.6. The van der Waals surface area contributed by atoms with E-state index in [1.807, 2.05) is 24.3 Å². The van der Waals surface area contributed by atoms with Gasteiger partial charge in [0.25, 0.3) is 0 Å². The summed E-state index contributed by atoms with van der Waals surface area (Å²) >= 11 is 1.54. The minimum Gasteiger partial charge on any atom is -0.493 e. The van der Waals surface area contributed by atoms with Crippen molar-refractivity contribution < 1.29 is 9.53 Å². The maximum atomic E-state index is 12.4. The van der Waals surface area contributed by atoms with Crippen LogP contribution in [-0.2, 0) is 17.6 Å². The second-order valence-corrected chi connectivity index (χ2v) is 7.69. The van der Waals surface area contributed by atoms with Crippen LogP contribution in [0.1, 0.15) is 54.2 Å². The minimum absolute atomic E-state index is 0.228. The summed E-state index contributed by atoms with van der Waals surface area (Å²) in [6, 6.07) is 9.96. The minimum atomic E-state index is -0.228. The number of carbonyl (C=O) groups is 1. The first-order chi connectivity index (χ1) is 13.2. The van der Waals surface area contributed by atoms with Crippen LogP contribution in [0.2, 0.25) is 0 Å². The number of nitrogens with one attached hydrogen (secondary N) is 1. The highest BCUT2D eigenvalue weighted by Crippen LogP contribution is 2.37. The smallest absolute Gasteiger partial charge is 0.249 e. The fraction of sp³-hybridized carbons (Fsp3) is 0.364. The maximum Gasteiger partial charge on any atom is 0.249 e. The standard InChI is InChI=1S/C22H24N2O2S/c1-2-3-14-26-19-10-6-4-8-16(19)12-13-21(25)24-22-18(15-23)17-9-5-7-11-20(17)27-22/h4,6,8,10,12-13H,2-3,5,7,9,11,14H2,1H3,(H,24,25). The number of para-hydroxylation sites is 1. The molecule has 0 saturated heterocycles. The van der Waals surface area contributed by atoms with E-state index >= 15 is 0 Å². The summed E-state index contributed by atoms with van der Waals surface area (Å²) in [5.74, 6) is 0.549. The molecule has 0 unspecified atom stereocenters. The molecule has 0 radical (unpaired) electrons. The van der Waals surface area contributed by atoms with Gasteiger partial charge >= 0.3 is 0 Å². The number of nitriles is 1. The van der Waals surface area contributed by atoms with E-state index in [0.29, 0.717) is 17.2 Å². The molecule has 1 aromatic heterocycles. The summed E-state index contributed by atoms with van der Waals surface area (Å²) in [7, 11) is 0. The summed E-state index contributed by atoms with van der Waals surface area (Å²) in [6.45, 7) is 2.79. The van der Waals surface area contributed by atoms with Crippen molar-refractivity contribution in [1.82, 2.24) is 0 Å². The van der Waals surface area contributed by atoms with Gasteiger partial charge in [-0.05, 0) is 49.8 Å². The first kappa shape index (κ1) is 19.2. The second-order valence-electron chi connectivity index (χ2n) is 6.59. The summed E-state index contributed by atoms with van der Waals surface area (Å²) in [5.41, 5.74) is 2.64. The molecular formula is C22H24N2O2S. The van der Waals surface area contributed by atoms with Crippen LogP contribution in [-0.4, -0.2) is 12.5 Å². The lowest BCUT2D eigenvalue weighted by Gasteiger charge is -2.09. The largest absolute Gasteiger partial charge is 0.493 e. The summed E-state index contributed by atoms with van der Waals surface area (Å²) in [4.78, 5) is 13.6. The van der Waals surface area contributed by atoms with E-state index in [4.69, 9.17) is 4.74 Å². The Hall–Kier alpha value is -2.58. The predicted octanol–water partition coefficient (Wildman–Crippen LogP) is 5.33. The van der Waals surface area contributed by atoms with Gasteiger partial charge in [0, 0.05) is 16.5 Å². The molecule has 1 aliphatic carbocycles. The van der Waals surface area contributed by atoms with Crippen LogP contribution in [0.3, 0.4) is 0 Å². The second kappa shape index (κ2) is 9.38. The quantitative estimate of drug-likeness (QED) is 0.522. The third kappa shape index (κ3) is 4.78. The monoisotopic (exact) mass is 380 g/mol. The van der Waals surface area contributed by atoms with Gasteiger partial charge in [-0.2, -0.15) is 5.26 Å². The van der Waals surface area contributed by atoms with E-state index in [1.165, 1.54) is 11.0 Å². The molecule has 140 valence electrons. The third-order valence-electron chi connectivity index (χ3n) is 4.61. The average Bonchev–Trinajstić information content (AvgIpc) is 3.04. The highest BCUT2D eigenvalue weighted by atomic mass is 32.1. The van der Waals surface area contributed by atoms with Crippen LogP contribution in [0.5, 0.6) is 5.75 Å². The van der Waals surface area contributed by atoms with E-state index in [0.717, 1.165) is 55.4 Å². The molecule has 1 N–H and O–H groups in total. The van der Waals surface area contributed by atoms with Crippen molar-refractivity contribution in [3.63, 3.8) is 0 Å². The Balaban J connectivity index is 1.70. The third-order valence-corrected chi connectivity index (χ3v) is 5.82. The number of rotatable bonds is 7. The fourth-order valence-corrected chi connectivity index (χ4v) is 4.41. The Morgan fingerprint density at radius 2 is 2.15 bits per heavy atom. The van der Waals surface area contributed by atoms with Gasteiger partial charge in [-0.15, -0.1) is 11.3 Å². The number of aryl methyl sites for hydroxylation is 1. The van der Waals surface area contributed by atoms with Gasteiger partial charge in [-0.1, -0.05) is 31.5 Å². The van der Waals surface area contributed by atoms with Crippen LogP contribution < -0.4 is 10.1 Å². The van der Waals surface area contributed by atoms with Gasteiger partial charge < -0.3 is 10.1 Å². The van der Waals surface area contributed by atoms with Crippen molar-refractivity contribution in [2.75, 3.05) is 11.9 Å². The van der Waals surface area contributed by atoms with Crippen molar-refractivity contribution in [1.29, 1.82) is 5.26 Å². The number of benzene rings is 1. The number of anilines is 1. The molecule has 27 heavy (non-hydrogen) atoms. The molecule has 0 fully saturated rings. The number of fused-ring (bicyclic) bond motifs is 1. The summed E-state index contributed by atoms with van der Waals surface area (Å²) in [6.07, 6.45) is 9.54. The number of ether oxygens (including phenoxy) is 1. The topological polar surface area (TPSA) is 62.1 Å². The SMILES string of the molecule is CCCCOc1ccccc1C=CC(=O)Nc1sc2c(c1C#N)CCCC2. The van der Waals surface area contributed by atoms with Crippen LogP contribution >= 0.6 is 11.3 Å². The molecule has 0 spiro atoms. The van der Waals surface area contributed by atoms with Gasteiger partial charge in [-0.25, -0.2) is 0 Å². The Kier molecular flexibility index (Phi) is 6.67. The average molecular weight is 381 g/mol. The molecule has 0 bridgehead atoms. The lowest BCUT2D eigenvalue weighted by atomic mass is 9.96. The van der Waals surface area contributed by atoms with Crippen molar-refractivity contribution in [3.05, 3.63) is 51.9 Å². The molecule has 2 aromatic rings. The van der Waals surface area contributed by atoms with Crippen LogP contribution in [0.25, 0.3) is 6.08 Å². The lowest BCUT2D eigenvalue weighted by molar-refractivity contribution is -0.111. The normalized spacial score (nSPS) is 13.2. The van der Waals surface area contributed by atoms with Gasteiger partial charge in [0.15, 0.2) is 0 Å². The highest BCUT2D eigenvalue weighted by molar-refractivity contribution is 7.16. The van der Waals surface area contributed by atoms with E-state index in [-0.39, 0.29) is 5.91 Å². The highest BCUT2D eigenvalue weighted by Gasteiger charge is 2.21. The zero-order valence-corrected chi connectivity index (χ0v) is 16.4. The van der Waals surface area contributed by atoms with E-state index in [1.54, 1.807) is 17.4 Å². The number of thiophene rings is 1. The molecule has 0 saturated carbocycles. The number of hydrogen-bond acceptors (Lipinski definition) is 4. The van der Waals surface area contributed by atoms with Crippen molar-refractivity contribution in [2.45, 2.75) is 45.4 Å². The molecule has 1 amide bonds. The lowest BCUT2D eigenvalue weighted by Crippen LogP contribution is -2.08. The first-order valence-electron chi connectivity index (χ1n) is 9.48. The molecule has 5 heteroatoms. The number of hydrogen-bond donors (Lipinski definition) is 1. The molecule has 0 aliphatic heterocycles. The molecule has 1 heterocycles. The van der Waals surface area contributed by atoms with Gasteiger partial charge in [0.2, 0.25) is 5.91 Å². The molecule has 3 rings (SSSR count). The van der Waals surface area contributed by atoms with Crippen LogP contribution in [0.15, 0.2) is 30.3 Å². The van der Waals surface area contributed by atoms with Crippen LogP contribution in [0.4, 0.5) is 5.00 Å². The first-order valence-corrected chi connectivity index (χ1v) is 10.3. The Labute approximate surface area is 164 Å². The fourth-order valence-electron chi connectivity index (χ4n) is 3.17. The predicted molar refractivity (Wildman–Crippen MR) is 110 cm³/mol. The Bertz CT molecular complexity index is 877. The molecule has 0 atom stereocenters. The molecule has 1 aliphatic rings. The van der Waals surface area contributed by atoms with Crippen molar-refractivity contribution in [3.8, 4) is 11.8 Å². The number of carbonyl (C=O) groups excluding carboxylic acids is 1. The van der Waals surface area contributed by atoms with Gasteiger partial charge in [0.1, 0.15) is 16.8 Å². The van der Waals surface area contributed by atoms with Crippen molar-refractivity contribution in [2.24, 2.45) is 0 Å². The maximum absolute atomic E-state index is 12.4. The van der Waals surface area contributed by atoms with Crippen LogP contribution in [0, 0.1) is 11.3 Å².